The van der Waals surface area contributed by atoms with E-state index in [1.54, 1.807) is 0 Å². The van der Waals surface area contributed by atoms with Gasteiger partial charge in [0.25, 0.3) is 40.0 Å². The molecule has 0 atom stereocenters. The number of hydrogen-bond donors (Lipinski definition) is 2. The van der Waals surface area contributed by atoms with Crippen LogP contribution in [0.15, 0.2) is 0 Å². The molecule has 0 saturated heterocycles. The second-order valence-corrected chi connectivity index (χ2v) is 6.99. The summed E-state index contributed by atoms with van der Waals surface area (Å²) in [5.74, 6) is 0. The third kappa shape index (κ3) is 8.67. The van der Waals surface area contributed by atoms with Crippen molar-refractivity contribution in [2.75, 3.05) is 0 Å². The molecule has 0 rings (SSSR count). The van der Waals surface area contributed by atoms with Crippen molar-refractivity contribution in [2.24, 2.45) is 0 Å². The number of hydrogen-bond acceptors (Lipinski definition) is 5. The van der Waals surface area contributed by atoms with Crippen molar-refractivity contribution in [1.29, 1.82) is 0 Å². The van der Waals surface area contributed by atoms with Gasteiger partial charge in [0.15, 0.2) is 0 Å². The lowest BCUT2D eigenvalue weighted by Gasteiger charge is -2.00. The van der Waals surface area contributed by atoms with Crippen LogP contribution in [0, 0.1) is 0 Å². The van der Waals surface area contributed by atoms with E-state index in [1.807, 2.05) is 0 Å². The third-order valence-corrected chi connectivity index (χ3v) is 4.64. The molecule has 0 heterocycles. The molecule has 0 amide bonds. The second kappa shape index (κ2) is 8.67. The zero-order valence-electron chi connectivity index (χ0n) is 4.95. The quantitative estimate of drug-likeness (QED) is 0.334. The fourth-order valence-corrected chi connectivity index (χ4v) is 4.16. The van der Waals surface area contributed by atoms with Crippen molar-refractivity contribution in [3.8, 4) is 0 Å². The van der Waals surface area contributed by atoms with E-state index in [4.69, 9.17) is 13.7 Å². The Balaban J connectivity index is 2.60. The molecule has 0 aliphatic carbocycles. The second-order valence-electron chi connectivity index (χ2n) is 1.11. The smallest absolute Gasteiger partial charge is 0.292 e. The van der Waals surface area contributed by atoms with Crippen LogP contribution in [0.5, 0.6) is 0 Å². The molecule has 0 aromatic heterocycles. The summed E-state index contributed by atoms with van der Waals surface area (Å²) in [6.07, 6.45) is 0. The molecule has 0 aromatic rings. The van der Waals surface area contributed by atoms with Gasteiger partial charge in [-0.1, -0.05) is 0 Å². The molecule has 0 aromatic carbocycles. The Hall–Kier alpha value is 0.668. The zero-order chi connectivity index (χ0) is 6.95. The Morgan fingerprint density at radius 1 is 0.778 bits per heavy atom. The zero-order valence-corrected chi connectivity index (χ0v) is 10.6. The van der Waals surface area contributed by atoms with Crippen LogP contribution in [0.3, 0.4) is 0 Å². The maximum atomic E-state index is 8.23. The van der Waals surface area contributed by atoms with Crippen LogP contribution < -0.4 is 0 Å². The highest BCUT2D eigenvalue weighted by Crippen LogP contribution is 1.68. The molecule has 0 bridgehead atoms. The summed E-state index contributed by atoms with van der Waals surface area (Å²) in [5, 5.41) is 0. The molecular weight excluding hydrogens is 192 g/mol. The van der Waals surface area contributed by atoms with Gasteiger partial charge in [0.1, 0.15) is 0 Å². The van der Waals surface area contributed by atoms with Crippen LogP contribution in [0.4, 0.5) is 0 Å². The molecule has 0 aliphatic heterocycles. The Kier molecular flexibility index (Phi) is 9.31. The van der Waals surface area contributed by atoms with E-state index in [2.05, 4.69) is 8.23 Å². The van der Waals surface area contributed by atoms with Gasteiger partial charge in [-0.3, -0.25) is 0 Å². The fraction of sp³-hybridized carbons (Fsp3) is 0. The summed E-state index contributed by atoms with van der Waals surface area (Å²) in [4.78, 5) is 16.5. The summed E-state index contributed by atoms with van der Waals surface area (Å²) < 4.78 is 14.3. The molecule has 0 spiro atoms. The largest absolute Gasteiger partial charge is 0.425 e. The summed E-state index contributed by atoms with van der Waals surface area (Å²) in [7, 11) is -4.43. The monoisotopic (exact) mass is 202 g/mol. The molecule has 9 heteroatoms. The topological polar surface area (TPSA) is 68.2 Å². The normalized spacial score (nSPS) is 15.3. The highest BCUT2D eigenvalue weighted by molar-refractivity contribution is 6.43. The first-order chi connectivity index (χ1) is 4.41. The molecule has 0 saturated carbocycles. The van der Waals surface area contributed by atoms with E-state index >= 15 is 0 Å². The average molecular weight is 202 g/mol. The maximum absolute atomic E-state index is 8.23. The predicted molar refractivity (Wildman–Crippen MR) is 41.9 cm³/mol. The van der Waals surface area contributed by atoms with Gasteiger partial charge in [0.2, 0.25) is 0 Å². The van der Waals surface area contributed by atoms with Crippen molar-refractivity contribution >= 4 is 40.0 Å². The molecule has 0 radical (unpaired) electrons. The van der Waals surface area contributed by atoms with Gasteiger partial charge in [0.05, 0.1) is 0 Å². The standard InChI is InChI=1S/H10O5Si4/c1-6-3-8-5-9-4-7-2/h1-2H,6-9H2. The SMILES string of the molecule is O[SiH2]O[SiH2]O[SiH2]O[SiH2]O. The van der Waals surface area contributed by atoms with Crippen LogP contribution in [-0.4, -0.2) is 49.6 Å². The molecule has 2 N–H and O–H groups in total. The molecule has 0 unspecified atom stereocenters. The minimum atomic E-state index is -1.27. The van der Waals surface area contributed by atoms with Crippen molar-refractivity contribution in [3.05, 3.63) is 0 Å². The third-order valence-electron chi connectivity index (χ3n) is 0.516. The summed E-state index contributed by atoms with van der Waals surface area (Å²) in [6.45, 7) is 0. The Bertz CT molecular complexity index is 42.2. The Morgan fingerprint density at radius 3 is 1.56 bits per heavy atom. The first-order valence-corrected chi connectivity index (χ1v) is 7.09. The fourth-order valence-electron chi connectivity index (χ4n) is 0.226. The lowest BCUT2D eigenvalue weighted by Crippen LogP contribution is -2.14. The van der Waals surface area contributed by atoms with Crippen LogP contribution in [0.2, 0.25) is 0 Å². The van der Waals surface area contributed by atoms with E-state index in [0.717, 1.165) is 0 Å². The van der Waals surface area contributed by atoms with Crippen molar-refractivity contribution in [3.63, 3.8) is 0 Å². The Labute approximate surface area is 62.6 Å². The van der Waals surface area contributed by atoms with Crippen molar-refractivity contribution in [1.82, 2.24) is 0 Å². The van der Waals surface area contributed by atoms with Crippen molar-refractivity contribution in [2.45, 2.75) is 0 Å². The van der Waals surface area contributed by atoms with Crippen LogP contribution in [0.25, 0.3) is 0 Å². The van der Waals surface area contributed by atoms with E-state index < -0.39 is 40.0 Å². The lowest BCUT2D eigenvalue weighted by atomic mass is 15.7. The molecule has 0 aliphatic rings. The highest BCUT2D eigenvalue weighted by Gasteiger charge is 1.87. The molecule has 56 valence electrons. The van der Waals surface area contributed by atoms with Gasteiger partial charge >= 0.3 is 0 Å². The van der Waals surface area contributed by atoms with Gasteiger partial charge in [-0.05, 0) is 0 Å². The highest BCUT2D eigenvalue weighted by atomic mass is 28.4. The Morgan fingerprint density at radius 2 is 1.22 bits per heavy atom. The van der Waals surface area contributed by atoms with E-state index in [-0.39, 0.29) is 0 Å². The van der Waals surface area contributed by atoms with Gasteiger partial charge < -0.3 is 21.9 Å². The number of rotatable bonds is 6. The summed E-state index contributed by atoms with van der Waals surface area (Å²) in [5.41, 5.74) is 0. The summed E-state index contributed by atoms with van der Waals surface area (Å²) in [6, 6.07) is 0. The van der Waals surface area contributed by atoms with E-state index in [1.165, 1.54) is 0 Å². The predicted octanol–water partition coefficient (Wildman–Crippen LogP) is -4.98. The minimum Gasteiger partial charge on any atom is -0.425 e. The molecule has 0 fully saturated rings. The first kappa shape index (κ1) is 9.67. The first-order valence-electron chi connectivity index (χ1n) is 2.36. The summed E-state index contributed by atoms with van der Waals surface area (Å²) >= 11 is 0. The van der Waals surface area contributed by atoms with Crippen LogP contribution >= 0.6 is 0 Å². The molecular formula is H10O5Si4. The van der Waals surface area contributed by atoms with Crippen molar-refractivity contribution < 1.29 is 21.9 Å². The van der Waals surface area contributed by atoms with Crippen LogP contribution in [-0.2, 0) is 12.3 Å². The van der Waals surface area contributed by atoms with Crippen LogP contribution in [0.1, 0.15) is 0 Å². The van der Waals surface area contributed by atoms with E-state index in [0.29, 0.717) is 0 Å². The lowest BCUT2D eigenvalue weighted by molar-refractivity contribution is 0.378. The minimum absolute atomic E-state index is 0.949. The maximum Gasteiger partial charge on any atom is 0.292 e. The van der Waals surface area contributed by atoms with Gasteiger partial charge in [-0.25, -0.2) is 0 Å². The van der Waals surface area contributed by atoms with E-state index in [9.17, 15) is 0 Å². The molecule has 5 nitrogen and oxygen atoms in total. The van der Waals surface area contributed by atoms with Gasteiger partial charge in [0, 0.05) is 0 Å². The van der Waals surface area contributed by atoms with Gasteiger partial charge in [-0.15, -0.1) is 0 Å². The molecule has 9 heavy (non-hydrogen) atoms. The average Bonchev–Trinajstić information content (AvgIpc) is 1.89. The van der Waals surface area contributed by atoms with Gasteiger partial charge in [-0.2, -0.15) is 0 Å².